The molecule has 0 bridgehead atoms. The molecule has 2 heterocycles. The Morgan fingerprint density at radius 1 is 1.31 bits per heavy atom. The predicted molar refractivity (Wildman–Crippen MR) is 97.3 cm³/mol. The van der Waals surface area contributed by atoms with E-state index < -0.39 is 17.7 Å². The Bertz CT molecular complexity index is 756. The summed E-state index contributed by atoms with van der Waals surface area (Å²) in [6.07, 6.45) is -0.394. The average Bonchev–Trinajstić information content (AvgIpc) is 2.89. The number of carbonyl (C=O) groups excluding carboxylic acids is 1. The Kier molecular flexibility index (Phi) is 5.85. The van der Waals surface area contributed by atoms with E-state index >= 15 is 0 Å². The molecule has 1 aliphatic rings. The molecule has 1 amide bonds. The van der Waals surface area contributed by atoms with Crippen LogP contribution in [-0.2, 0) is 16.0 Å². The number of carboxylic acids is 1. The summed E-state index contributed by atoms with van der Waals surface area (Å²) >= 11 is 6.00. The van der Waals surface area contributed by atoms with Crippen LogP contribution in [0.2, 0.25) is 5.28 Å². The molecule has 0 spiro atoms. The molecule has 1 atom stereocenters. The maximum Gasteiger partial charge on any atom is 0.407 e. The maximum absolute atomic E-state index is 12.0. The van der Waals surface area contributed by atoms with E-state index in [-0.39, 0.29) is 41.6 Å². The number of alkyl carbamates (subject to hydrolysis) is 1. The number of ether oxygens (including phenoxy) is 1. The number of rotatable bonds is 5. The number of amides is 1. The summed E-state index contributed by atoms with van der Waals surface area (Å²) in [5.74, 6) is -0.910. The molecule has 1 aliphatic heterocycles. The number of halogens is 1. The zero-order valence-corrected chi connectivity index (χ0v) is 16.2. The van der Waals surface area contributed by atoms with E-state index in [4.69, 9.17) is 16.3 Å². The van der Waals surface area contributed by atoms with Gasteiger partial charge in [-0.3, -0.25) is 0 Å². The number of hydrogen-bond donors (Lipinski definition) is 2. The van der Waals surface area contributed by atoms with Gasteiger partial charge in [0.15, 0.2) is 5.82 Å². The Balaban J connectivity index is 2.25. The zero-order valence-electron chi connectivity index (χ0n) is 15.5. The summed E-state index contributed by atoms with van der Waals surface area (Å²) in [6, 6.07) is 0. The van der Waals surface area contributed by atoms with Crippen molar-refractivity contribution >= 4 is 35.2 Å². The Hall–Kier alpha value is -2.22. The van der Waals surface area contributed by atoms with Crippen molar-refractivity contribution < 1.29 is 19.4 Å². The monoisotopic (exact) mass is 382 g/mol. The topological polar surface area (TPSA) is 114 Å². The number of aliphatic carboxylic acids is 1. The van der Waals surface area contributed by atoms with Crippen molar-refractivity contribution in [1.29, 1.82) is 0 Å². The summed E-state index contributed by atoms with van der Waals surface area (Å²) in [4.78, 5) is 35.6. The van der Waals surface area contributed by atoms with Gasteiger partial charge in [0.1, 0.15) is 11.3 Å². The number of carbonyl (C=O) groups is 2. The number of carboxylic acid groups (broad SMARTS) is 1. The Labute approximate surface area is 157 Å². The van der Waals surface area contributed by atoms with Crippen LogP contribution in [0.25, 0.3) is 0 Å². The summed E-state index contributed by atoms with van der Waals surface area (Å²) in [7, 11) is 0. The molecule has 0 saturated carbocycles. The van der Waals surface area contributed by atoms with E-state index in [0.29, 0.717) is 11.3 Å². The first-order valence-electron chi connectivity index (χ1n) is 8.32. The predicted octanol–water partition coefficient (Wildman–Crippen LogP) is 3.11. The lowest BCUT2D eigenvalue weighted by Gasteiger charge is -2.24. The zero-order chi connectivity index (χ0) is 19.6. The average molecular weight is 383 g/mol. The first-order chi connectivity index (χ1) is 12.0. The van der Waals surface area contributed by atoms with Gasteiger partial charge in [-0.2, -0.15) is 4.98 Å². The van der Waals surface area contributed by atoms with Gasteiger partial charge in [0, 0.05) is 24.4 Å². The van der Waals surface area contributed by atoms with Crippen LogP contribution in [0.1, 0.15) is 51.8 Å². The molecule has 1 unspecified atom stereocenters. The molecule has 8 nitrogen and oxygen atoms in total. The summed E-state index contributed by atoms with van der Waals surface area (Å²) in [5.41, 5.74) is 0.643. The van der Waals surface area contributed by atoms with E-state index in [9.17, 15) is 14.7 Å². The third kappa shape index (κ3) is 4.91. The number of nitrogens with one attached hydrogen (secondary N) is 1. The lowest BCUT2D eigenvalue weighted by atomic mass is 9.88. The Morgan fingerprint density at radius 2 is 1.96 bits per heavy atom. The van der Waals surface area contributed by atoms with Gasteiger partial charge in [0.2, 0.25) is 5.28 Å². The first-order valence-corrected chi connectivity index (χ1v) is 8.69. The highest BCUT2D eigenvalue weighted by atomic mass is 35.5. The van der Waals surface area contributed by atoms with Crippen molar-refractivity contribution in [3.05, 3.63) is 16.5 Å². The summed E-state index contributed by atoms with van der Waals surface area (Å²) < 4.78 is 5.26. The van der Waals surface area contributed by atoms with E-state index in [1.54, 1.807) is 20.8 Å². The van der Waals surface area contributed by atoms with Crippen molar-refractivity contribution in [1.82, 2.24) is 15.3 Å². The fraction of sp³-hybridized carbons (Fsp3) is 0.588. The largest absolute Gasteiger partial charge is 0.477 e. The maximum atomic E-state index is 12.0. The van der Waals surface area contributed by atoms with Gasteiger partial charge in [0.05, 0.1) is 5.69 Å². The van der Waals surface area contributed by atoms with Gasteiger partial charge in [-0.15, -0.1) is 0 Å². The lowest BCUT2D eigenvalue weighted by molar-refractivity contribution is -0.129. The Morgan fingerprint density at radius 3 is 2.50 bits per heavy atom. The standard InChI is InChI=1S/C17H23ClN4O4/c1-8(2)10(7-19-16(25)26-17(3,4)5)12-9-6-11(14(23)24)20-13(9)22-15(18)21-12/h8,10H,6-7H2,1-5H3,(H,19,25)(H,23,24). The van der Waals surface area contributed by atoms with E-state index in [1.807, 2.05) is 13.8 Å². The second-order valence-corrected chi connectivity index (χ2v) is 7.79. The molecule has 142 valence electrons. The second-order valence-electron chi connectivity index (χ2n) is 7.45. The van der Waals surface area contributed by atoms with Crippen molar-refractivity contribution in [2.24, 2.45) is 10.9 Å². The number of aliphatic imine (C=N–C) groups is 1. The highest BCUT2D eigenvalue weighted by Gasteiger charge is 2.30. The minimum atomic E-state index is -1.10. The molecule has 2 N–H and O–H groups in total. The molecule has 1 aromatic heterocycles. The van der Waals surface area contributed by atoms with E-state index in [0.717, 1.165) is 0 Å². The molecule has 9 heteroatoms. The first kappa shape index (κ1) is 20.1. The summed E-state index contributed by atoms with van der Waals surface area (Å²) in [5, 5.41) is 11.9. The van der Waals surface area contributed by atoms with Gasteiger partial charge < -0.3 is 15.2 Å². The van der Waals surface area contributed by atoms with Gasteiger partial charge >= 0.3 is 12.1 Å². The molecular formula is C17H23ClN4O4. The van der Waals surface area contributed by atoms with Crippen molar-refractivity contribution in [2.75, 3.05) is 6.54 Å². The fourth-order valence-electron chi connectivity index (χ4n) is 2.64. The third-order valence-electron chi connectivity index (χ3n) is 3.84. The molecule has 0 saturated heterocycles. The second kappa shape index (κ2) is 7.57. The quantitative estimate of drug-likeness (QED) is 0.756. The number of aromatic nitrogens is 2. The molecule has 1 aromatic rings. The van der Waals surface area contributed by atoms with Gasteiger partial charge in [-0.05, 0) is 38.3 Å². The van der Waals surface area contributed by atoms with Crippen LogP contribution in [0.4, 0.5) is 10.6 Å². The molecular weight excluding hydrogens is 360 g/mol. The van der Waals surface area contributed by atoms with Crippen molar-refractivity contribution in [3.63, 3.8) is 0 Å². The third-order valence-corrected chi connectivity index (χ3v) is 4.01. The highest BCUT2D eigenvalue weighted by Crippen LogP contribution is 2.34. The van der Waals surface area contributed by atoms with Gasteiger partial charge in [0.25, 0.3) is 0 Å². The molecule has 2 rings (SSSR count). The van der Waals surface area contributed by atoms with Crippen LogP contribution in [0.3, 0.4) is 0 Å². The van der Waals surface area contributed by atoms with Crippen LogP contribution in [0.15, 0.2) is 4.99 Å². The van der Waals surface area contributed by atoms with Gasteiger partial charge in [-0.1, -0.05) is 13.8 Å². The van der Waals surface area contributed by atoms with Crippen LogP contribution < -0.4 is 5.32 Å². The summed E-state index contributed by atoms with van der Waals surface area (Å²) in [6.45, 7) is 9.60. The molecule has 26 heavy (non-hydrogen) atoms. The lowest BCUT2D eigenvalue weighted by Crippen LogP contribution is -2.36. The number of hydrogen-bond acceptors (Lipinski definition) is 6. The normalized spacial score (nSPS) is 14.7. The van der Waals surface area contributed by atoms with E-state index in [2.05, 4.69) is 20.3 Å². The van der Waals surface area contributed by atoms with E-state index in [1.165, 1.54) is 0 Å². The van der Waals surface area contributed by atoms with Crippen LogP contribution in [0, 0.1) is 5.92 Å². The minimum Gasteiger partial charge on any atom is -0.477 e. The molecule has 0 aromatic carbocycles. The molecule has 0 radical (unpaired) electrons. The van der Waals surface area contributed by atoms with Crippen LogP contribution >= 0.6 is 11.6 Å². The van der Waals surface area contributed by atoms with Gasteiger partial charge in [-0.25, -0.2) is 19.6 Å². The minimum absolute atomic E-state index is 0.000393. The SMILES string of the molecule is CC(C)C(CNC(=O)OC(C)(C)C)c1nc(Cl)nc2c1CC(C(=O)O)=N2. The fourth-order valence-corrected chi connectivity index (χ4v) is 2.82. The van der Waals surface area contributed by atoms with Crippen LogP contribution in [-0.4, -0.2) is 45.0 Å². The highest BCUT2D eigenvalue weighted by molar-refractivity contribution is 6.37. The number of nitrogens with zero attached hydrogens (tertiary/aromatic N) is 3. The molecule has 0 fully saturated rings. The number of fused-ring (bicyclic) bond motifs is 1. The van der Waals surface area contributed by atoms with Crippen molar-refractivity contribution in [2.45, 2.75) is 52.6 Å². The smallest absolute Gasteiger partial charge is 0.407 e. The van der Waals surface area contributed by atoms with Crippen LogP contribution in [0.5, 0.6) is 0 Å². The molecule has 0 aliphatic carbocycles. The van der Waals surface area contributed by atoms with Crippen molar-refractivity contribution in [3.8, 4) is 0 Å².